The number of benzene rings is 1. The van der Waals surface area contributed by atoms with Gasteiger partial charge < -0.3 is 34.5 Å². The molecule has 1 aromatic carbocycles. The summed E-state index contributed by atoms with van der Waals surface area (Å²) in [5, 5.41) is 9.70. The van der Waals surface area contributed by atoms with E-state index in [4.69, 9.17) is 29.4 Å². The number of carboxylic acids is 1. The Morgan fingerprint density at radius 1 is 0.780 bits per heavy atom. The molecule has 11 heteroatoms. The summed E-state index contributed by atoms with van der Waals surface area (Å²) in [4.78, 5) is 49.1. The van der Waals surface area contributed by atoms with Crippen molar-refractivity contribution in [3.05, 3.63) is 23.8 Å². The lowest BCUT2D eigenvalue weighted by molar-refractivity contribution is -0.149. The number of hydrogen-bond donors (Lipinski definition) is 2. The van der Waals surface area contributed by atoms with Crippen LogP contribution in [0.15, 0.2) is 18.2 Å². The minimum atomic E-state index is -1.37. The molecule has 0 aliphatic heterocycles. The van der Waals surface area contributed by atoms with Crippen molar-refractivity contribution in [2.45, 2.75) is 124 Å². The molecule has 0 radical (unpaired) electrons. The fourth-order valence-electron chi connectivity index (χ4n) is 4.16. The Balaban J connectivity index is 3.30. The number of hydrogen-bond acceptors (Lipinski definition) is 10. The average Bonchev–Trinajstić information content (AvgIpc) is 2.86. The molecule has 0 spiro atoms. The molecule has 0 amide bonds. The van der Waals surface area contributed by atoms with Crippen LogP contribution in [0.2, 0.25) is 0 Å². The van der Waals surface area contributed by atoms with E-state index in [0.29, 0.717) is 30.7 Å². The fraction of sp³-hybridized carbons (Fsp3) is 0.667. The summed E-state index contributed by atoms with van der Waals surface area (Å²) in [6.45, 7) is 13.0. The summed E-state index contributed by atoms with van der Waals surface area (Å²) >= 11 is 0. The molecule has 0 aromatic heterocycles. The maximum Gasteiger partial charge on any atom is 0.514 e. The predicted molar refractivity (Wildman–Crippen MR) is 152 cm³/mol. The van der Waals surface area contributed by atoms with E-state index in [-0.39, 0.29) is 30.3 Å². The van der Waals surface area contributed by atoms with Gasteiger partial charge in [-0.25, -0.2) is 9.59 Å². The number of aliphatic carboxylic acids is 1. The minimum absolute atomic E-state index is 0.0785. The van der Waals surface area contributed by atoms with Gasteiger partial charge in [-0.2, -0.15) is 0 Å². The van der Waals surface area contributed by atoms with Crippen molar-refractivity contribution in [3.63, 3.8) is 0 Å². The molecular weight excluding hydrogens is 534 g/mol. The van der Waals surface area contributed by atoms with Crippen molar-refractivity contribution in [1.82, 2.24) is 0 Å². The maximum absolute atomic E-state index is 12.5. The lowest BCUT2D eigenvalue weighted by Gasteiger charge is -2.25. The number of rotatable bonds is 17. The molecular formula is C30H47NO10. The number of ether oxygens (including phenoxy) is 5. The van der Waals surface area contributed by atoms with Crippen LogP contribution in [0.3, 0.4) is 0 Å². The third-order valence-corrected chi connectivity index (χ3v) is 6.33. The van der Waals surface area contributed by atoms with E-state index in [2.05, 4.69) is 0 Å². The number of carboxylic acid groups (broad SMARTS) is 1. The van der Waals surface area contributed by atoms with Crippen LogP contribution in [0.5, 0.6) is 11.5 Å². The Kier molecular flexibility index (Phi) is 15.8. The molecule has 232 valence electrons. The van der Waals surface area contributed by atoms with Crippen LogP contribution < -0.4 is 15.2 Å². The quantitative estimate of drug-likeness (QED) is 0.120. The molecule has 3 N–H and O–H groups in total. The van der Waals surface area contributed by atoms with Gasteiger partial charge in [-0.3, -0.25) is 9.59 Å². The summed E-state index contributed by atoms with van der Waals surface area (Å²) in [5.74, 6) is -2.48. The summed E-state index contributed by atoms with van der Waals surface area (Å²) in [6, 6.07) is 2.87. The van der Waals surface area contributed by atoms with Crippen molar-refractivity contribution >= 4 is 24.2 Å². The second kappa shape index (κ2) is 18.2. The van der Waals surface area contributed by atoms with Gasteiger partial charge >= 0.3 is 24.2 Å². The summed E-state index contributed by atoms with van der Waals surface area (Å²) < 4.78 is 26.7. The van der Waals surface area contributed by atoms with Gasteiger partial charge in [-0.1, -0.05) is 46.6 Å². The zero-order valence-electron chi connectivity index (χ0n) is 25.3. The van der Waals surface area contributed by atoms with Gasteiger partial charge in [-0.05, 0) is 70.1 Å². The third kappa shape index (κ3) is 13.7. The van der Waals surface area contributed by atoms with Gasteiger partial charge in [0.15, 0.2) is 11.5 Å². The van der Waals surface area contributed by atoms with E-state index >= 15 is 0 Å². The van der Waals surface area contributed by atoms with E-state index in [9.17, 15) is 24.3 Å². The zero-order chi connectivity index (χ0) is 31.1. The van der Waals surface area contributed by atoms with Crippen LogP contribution in [0.1, 0.15) is 105 Å². The molecule has 11 nitrogen and oxygen atoms in total. The van der Waals surface area contributed by atoms with Crippen LogP contribution in [0.25, 0.3) is 0 Å². The fourth-order valence-corrected chi connectivity index (χ4v) is 4.16. The predicted octanol–water partition coefficient (Wildman–Crippen LogP) is 6.35. The lowest BCUT2D eigenvalue weighted by atomic mass is 9.87. The summed E-state index contributed by atoms with van der Waals surface area (Å²) in [6.07, 6.45) is 0.353. The van der Waals surface area contributed by atoms with E-state index in [1.54, 1.807) is 20.8 Å². The highest BCUT2D eigenvalue weighted by molar-refractivity contribution is 5.75. The molecule has 41 heavy (non-hydrogen) atoms. The summed E-state index contributed by atoms with van der Waals surface area (Å²) in [5.41, 5.74) is 6.41. The molecule has 4 unspecified atom stereocenters. The number of esters is 1. The van der Waals surface area contributed by atoms with Gasteiger partial charge in [0.05, 0.1) is 6.10 Å². The first-order valence-electron chi connectivity index (χ1n) is 14.4. The van der Waals surface area contributed by atoms with E-state index in [1.165, 1.54) is 18.2 Å². The Morgan fingerprint density at radius 2 is 1.32 bits per heavy atom. The highest BCUT2D eigenvalue weighted by Crippen LogP contribution is 2.35. The van der Waals surface area contributed by atoms with Crippen LogP contribution >= 0.6 is 0 Å². The van der Waals surface area contributed by atoms with Crippen molar-refractivity contribution < 1.29 is 48.0 Å². The topological polar surface area (TPSA) is 161 Å². The molecule has 5 atom stereocenters. The average molecular weight is 582 g/mol. The zero-order valence-corrected chi connectivity index (χ0v) is 25.3. The number of carbonyl (C=O) groups is 4. The van der Waals surface area contributed by atoms with Crippen LogP contribution in [0.4, 0.5) is 9.59 Å². The van der Waals surface area contributed by atoms with Gasteiger partial charge in [0.25, 0.3) is 0 Å². The standard InChI is InChI=1S/C30H47NO10/c1-8-10-19(5)38-29(35)40-24-14-13-22(17-25(24)41-30(36)39-20(6)11-9-2)23(27(31)28(33)34)16-21(7)37-26(32)15-12-18(3)4/h13-14,17-21,23,27H,8-12,15-16,31H2,1-7H3,(H,33,34)/t19?,20?,21?,23?,27-/m0/s1. The molecule has 0 bridgehead atoms. The first-order chi connectivity index (χ1) is 19.3. The van der Waals surface area contributed by atoms with E-state index in [0.717, 1.165) is 12.8 Å². The van der Waals surface area contributed by atoms with E-state index < -0.39 is 48.6 Å². The Morgan fingerprint density at radius 3 is 1.80 bits per heavy atom. The molecule has 0 saturated carbocycles. The molecule has 0 aliphatic carbocycles. The minimum Gasteiger partial charge on any atom is -0.480 e. The van der Waals surface area contributed by atoms with Crippen molar-refractivity contribution in [3.8, 4) is 11.5 Å². The molecule has 1 rings (SSSR count). The van der Waals surface area contributed by atoms with Crippen molar-refractivity contribution in [2.75, 3.05) is 0 Å². The molecule has 0 heterocycles. The smallest absolute Gasteiger partial charge is 0.480 e. The van der Waals surface area contributed by atoms with Gasteiger partial charge in [0, 0.05) is 12.3 Å². The number of nitrogens with two attached hydrogens (primary N) is 1. The SMILES string of the molecule is CCCC(C)OC(=O)Oc1ccc(C(CC(C)OC(=O)CCC(C)C)[C@H](N)C(=O)O)cc1OC(=O)OC(C)CCC. The van der Waals surface area contributed by atoms with Gasteiger partial charge in [-0.15, -0.1) is 0 Å². The highest BCUT2D eigenvalue weighted by Gasteiger charge is 2.30. The number of carbonyl (C=O) groups excluding carboxylic acids is 3. The Bertz CT molecular complexity index is 995. The second-order valence-electron chi connectivity index (χ2n) is 10.8. The largest absolute Gasteiger partial charge is 0.514 e. The van der Waals surface area contributed by atoms with Crippen LogP contribution in [-0.4, -0.2) is 53.7 Å². The lowest BCUT2D eigenvalue weighted by Crippen LogP contribution is -2.38. The Labute approximate surface area is 243 Å². The summed E-state index contributed by atoms with van der Waals surface area (Å²) in [7, 11) is 0. The van der Waals surface area contributed by atoms with Crippen molar-refractivity contribution in [1.29, 1.82) is 0 Å². The monoisotopic (exact) mass is 581 g/mol. The van der Waals surface area contributed by atoms with Gasteiger partial charge in [0.1, 0.15) is 18.2 Å². The molecule has 1 aromatic rings. The first-order valence-corrected chi connectivity index (χ1v) is 14.4. The Hall–Kier alpha value is -3.34. The third-order valence-electron chi connectivity index (χ3n) is 6.33. The molecule has 0 saturated heterocycles. The van der Waals surface area contributed by atoms with E-state index in [1.807, 2.05) is 27.7 Å². The first kappa shape index (κ1) is 35.7. The maximum atomic E-state index is 12.5. The highest BCUT2D eigenvalue weighted by atomic mass is 16.7. The van der Waals surface area contributed by atoms with Crippen molar-refractivity contribution in [2.24, 2.45) is 11.7 Å². The van der Waals surface area contributed by atoms with Crippen LogP contribution in [0, 0.1) is 5.92 Å². The second-order valence-corrected chi connectivity index (χ2v) is 10.8. The van der Waals surface area contributed by atoms with Crippen LogP contribution in [-0.2, 0) is 23.8 Å². The van der Waals surface area contributed by atoms with Gasteiger partial charge in [0.2, 0.25) is 0 Å². The molecule has 0 aliphatic rings. The normalized spacial score (nSPS) is 14.8. The molecule has 0 fully saturated rings.